The van der Waals surface area contributed by atoms with Crippen LogP contribution in [0.1, 0.15) is 117 Å². The van der Waals surface area contributed by atoms with Gasteiger partial charge < -0.3 is 4.74 Å². The molecule has 0 spiro atoms. The second kappa shape index (κ2) is 12.2. The van der Waals surface area contributed by atoms with E-state index in [0.29, 0.717) is 31.3 Å². The molecule has 0 N–H and O–H groups in total. The molecule has 3 heteroatoms. The van der Waals surface area contributed by atoms with Crippen LogP contribution in [0.15, 0.2) is 0 Å². The van der Waals surface area contributed by atoms with Crippen LogP contribution >= 0.6 is 0 Å². The molecule has 0 bridgehead atoms. The van der Waals surface area contributed by atoms with Gasteiger partial charge in [-0.1, -0.05) is 52.4 Å². The van der Waals surface area contributed by atoms with Gasteiger partial charge in [-0.3, -0.25) is 9.59 Å². The van der Waals surface area contributed by atoms with E-state index < -0.39 is 5.92 Å². The highest BCUT2D eigenvalue weighted by Gasteiger charge is 2.39. The van der Waals surface area contributed by atoms with Gasteiger partial charge in [0.1, 0.15) is 11.7 Å². The molecule has 0 aromatic rings. The van der Waals surface area contributed by atoms with Gasteiger partial charge in [0.05, 0.1) is 6.61 Å². The lowest BCUT2D eigenvalue weighted by Gasteiger charge is -2.41. The Morgan fingerprint density at radius 3 is 1.90 bits per heavy atom. The highest BCUT2D eigenvalue weighted by Crippen LogP contribution is 2.46. The quantitative estimate of drug-likeness (QED) is 0.227. The van der Waals surface area contributed by atoms with E-state index in [1.54, 1.807) is 0 Å². The van der Waals surface area contributed by atoms with Crippen LogP contribution in [0.5, 0.6) is 0 Å². The van der Waals surface area contributed by atoms with Crippen LogP contribution in [-0.2, 0) is 14.3 Å². The summed E-state index contributed by atoms with van der Waals surface area (Å²) in [7, 11) is 0. The zero-order valence-corrected chi connectivity index (χ0v) is 19.7. The number of unbranched alkanes of at least 4 members (excludes halogenated alkanes) is 2. The zero-order valence-electron chi connectivity index (χ0n) is 19.7. The first-order chi connectivity index (χ1) is 14.6. The molecule has 30 heavy (non-hydrogen) atoms. The van der Waals surface area contributed by atoms with E-state index in [-0.39, 0.29) is 11.8 Å². The fourth-order valence-electron chi connectivity index (χ4n) is 6.72. The lowest BCUT2D eigenvalue weighted by atomic mass is 9.64. The first-order valence-electron chi connectivity index (χ1n) is 13.3. The van der Waals surface area contributed by atoms with Gasteiger partial charge in [0.25, 0.3) is 0 Å². The van der Waals surface area contributed by atoms with Crippen LogP contribution < -0.4 is 0 Å². The lowest BCUT2D eigenvalue weighted by Crippen LogP contribution is -2.36. The summed E-state index contributed by atoms with van der Waals surface area (Å²) in [6.45, 7) is 4.73. The Morgan fingerprint density at radius 1 is 0.767 bits per heavy atom. The van der Waals surface area contributed by atoms with Crippen LogP contribution in [0.25, 0.3) is 0 Å². The van der Waals surface area contributed by atoms with Crippen LogP contribution in [0.3, 0.4) is 0 Å². The smallest absolute Gasteiger partial charge is 0.316 e. The Hall–Kier alpha value is -0.860. The van der Waals surface area contributed by atoms with Crippen molar-refractivity contribution < 1.29 is 14.3 Å². The standard InChI is InChI=1S/C27H46O3/c1-3-5-6-7-20-8-10-21(11-9-20)22-12-14-23(15-13-22)24-16-17-25(26(28)19-24)27(29)30-18-4-2/h20-25H,3-19H2,1-2H3. The molecule has 3 fully saturated rings. The maximum Gasteiger partial charge on any atom is 0.316 e. The summed E-state index contributed by atoms with van der Waals surface area (Å²) in [5, 5.41) is 0. The first kappa shape index (κ1) is 23.8. The molecule has 3 rings (SSSR count). The predicted octanol–water partition coefficient (Wildman–Crippen LogP) is 7.12. The van der Waals surface area contributed by atoms with Crippen molar-refractivity contribution in [2.45, 2.75) is 117 Å². The minimum absolute atomic E-state index is 0.149. The van der Waals surface area contributed by atoms with Crippen molar-refractivity contribution in [3.8, 4) is 0 Å². The number of Topliss-reactive ketones (excluding diaryl/α,β-unsaturated/α-hetero) is 1. The van der Waals surface area contributed by atoms with E-state index in [0.717, 1.165) is 30.6 Å². The van der Waals surface area contributed by atoms with Crippen molar-refractivity contribution in [3.63, 3.8) is 0 Å². The minimum Gasteiger partial charge on any atom is -0.465 e. The Balaban J connectivity index is 1.36. The van der Waals surface area contributed by atoms with Gasteiger partial charge in [0.2, 0.25) is 0 Å². The summed E-state index contributed by atoms with van der Waals surface area (Å²) in [5.41, 5.74) is 0. The van der Waals surface area contributed by atoms with Gasteiger partial charge in [-0.2, -0.15) is 0 Å². The molecule has 0 aromatic carbocycles. The van der Waals surface area contributed by atoms with E-state index >= 15 is 0 Å². The number of carbonyl (C=O) groups is 2. The number of hydrogen-bond donors (Lipinski definition) is 0. The average Bonchev–Trinajstić information content (AvgIpc) is 2.78. The lowest BCUT2D eigenvalue weighted by molar-refractivity contribution is -0.154. The molecule has 0 radical (unpaired) electrons. The van der Waals surface area contributed by atoms with Gasteiger partial charge in [-0.05, 0) is 87.4 Å². The Kier molecular flexibility index (Phi) is 9.71. The third-order valence-corrected chi connectivity index (χ3v) is 8.67. The number of esters is 1. The zero-order chi connectivity index (χ0) is 21.3. The third-order valence-electron chi connectivity index (χ3n) is 8.67. The van der Waals surface area contributed by atoms with Gasteiger partial charge in [0.15, 0.2) is 0 Å². The van der Waals surface area contributed by atoms with Crippen LogP contribution in [-0.4, -0.2) is 18.4 Å². The van der Waals surface area contributed by atoms with E-state index in [4.69, 9.17) is 4.74 Å². The number of rotatable bonds is 9. The normalized spacial score (nSPS) is 35.2. The van der Waals surface area contributed by atoms with Crippen molar-refractivity contribution in [1.29, 1.82) is 0 Å². The predicted molar refractivity (Wildman–Crippen MR) is 122 cm³/mol. The second-order valence-corrected chi connectivity index (χ2v) is 10.7. The summed E-state index contributed by atoms with van der Waals surface area (Å²) in [6.07, 6.45) is 20.1. The van der Waals surface area contributed by atoms with Gasteiger partial charge in [-0.25, -0.2) is 0 Å². The molecule has 0 heterocycles. The van der Waals surface area contributed by atoms with Crippen molar-refractivity contribution in [2.24, 2.45) is 35.5 Å². The van der Waals surface area contributed by atoms with Crippen LogP contribution in [0.4, 0.5) is 0 Å². The summed E-state index contributed by atoms with van der Waals surface area (Å²) < 4.78 is 5.24. The molecule has 0 aromatic heterocycles. The Morgan fingerprint density at radius 2 is 1.33 bits per heavy atom. The monoisotopic (exact) mass is 418 g/mol. The molecule has 0 aliphatic heterocycles. The maximum atomic E-state index is 12.6. The summed E-state index contributed by atoms with van der Waals surface area (Å²) in [6, 6.07) is 0. The maximum absolute atomic E-state index is 12.6. The van der Waals surface area contributed by atoms with E-state index in [2.05, 4.69) is 6.92 Å². The van der Waals surface area contributed by atoms with Crippen LogP contribution in [0, 0.1) is 35.5 Å². The molecule has 0 saturated heterocycles. The number of ketones is 1. The van der Waals surface area contributed by atoms with Crippen molar-refractivity contribution in [3.05, 3.63) is 0 Å². The summed E-state index contributed by atoms with van der Waals surface area (Å²) in [5.74, 6) is 3.55. The highest BCUT2D eigenvalue weighted by atomic mass is 16.5. The topological polar surface area (TPSA) is 43.4 Å². The first-order valence-corrected chi connectivity index (χ1v) is 13.3. The van der Waals surface area contributed by atoms with Crippen molar-refractivity contribution >= 4 is 11.8 Å². The molecule has 0 amide bonds. The average molecular weight is 419 g/mol. The van der Waals surface area contributed by atoms with E-state index in [1.165, 1.54) is 77.0 Å². The largest absolute Gasteiger partial charge is 0.465 e. The fraction of sp³-hybridized carbons (Fsp3) is 0.926. The SMILES string of the molecule is CCCCCC1CCC(C2CCC(C3CCC(C(=O)OCCC)C(=O)C3)CC2)CC1. The van der Waals surface area contributed by atoms with Crippen molar-refractivity contribution in [2.75, 3.05) is 6.61 Å². The van der Waals surface area contributed by atoms with E-state index in [9.17, 15) is 9.59 Å². The number of carbonyl (C=O) groups excluding carboxylic acids is 2. The van der Waals surface area contributed by atoms with Crippen LogP contribution in [0.2, 0.25) is 0 Å². The van der Waals surface area contributed by atoms with Gasteiger partial charge in [0, 0.05) is 6.42 Å². The summed E-state index contributed by atoms with van der Waals surface area (Å²) in [4.78, 5) is 24.7. The second-order valence-electron chi connectivity index (χ2n) is 10.7. The van der Waals surface area contributed by atoms with Crippen molar-refractivity contribution in [1.82, 2.24) is 0 Å². The van der Waals surface area contributed by atoms with E-state index in [1.807, 2.05) is 6.92 Å². The molecule has 3 saturated carbocycles. The number of ether oxygens (including phenoxy) is 1. The molecule has 3 aliphatic rings. The highest BCUT2D eigenvalue weighted by molar-refractivity contribution is 5.99. The summed E-state index contributed by atoms with van der Waals surface area (Å²) >= 11 is 0. The van der Waals surface area contributed by atoms with Gasteiger partial charge in [-0.15, -0.1) is 0 Å². The molecule has 2 unspecified atom stereocenters. The molecular weight excluding hydrogens is 372 g/mol. The molecule has 3 nitrogen and oxygen atoms in total. The molecule has 172 valence electrons. The molecule has 2 atom stereocenters. The van der Waals surface area contributed by atoms with Gasteiger partial charge >= 0.3 is 5.97 Å². The molecular formula is C27H46O3. The Bertz CT molecular complexity index is 526. The number of hydrogen-bond acceptors (Lipinski definition) is 3. The minimum atomic E-state index is -0.475. The fourth-order valence-corrected chi connectivity index (χ4v) is 6.72. The molecule has 3 aliphatic carbocycles. The Labute approximate surface area is 185 Å². The third kappa shape index (κ3) is 6.57.